The van der Waals surface area contributed by atoms with Gasteiger partial charge < -0.3 is 9.26 Å². The minimum atomic E-state index is -4.45. The van der Waals surface area contributed by atoms with Gasteiger partial charge in [-0.3, -0.25) is 0 Å². The molecular formula is C22H17F3N4O2. The summed E-state index contributed by atoms with van der Waals surface area (Å²) in [5.41, 5.74) is 2.11. The average molecular weight is 426 g/mol. The van der Waals surface area contributed by atoms with E-state index >= 15 is 0 Å². The molecule has 0 atom stereocenters. The first-order chi connectivity index (χ1) is 14.8. The Morgan fingerprint density at radius 3 is 2.39 bits per heavy atom. The first-order valence-corrected chi connectivity index (χ1v) is 9.34. The lowest BCUT2D eigenvalue weighted by Gasteiger charge is -2.07. The second-order valence-corrected chi connectivity index (χ2v) is 6.92. The van der Waals surface area contributed by atoms with Crippen molar-refractivity contribution in [1.82, 2.24) is 20.1 Å². The fraction of sp³-hybridized carbons (Fsp3) is 0.182. The Morgan fingerprint density at radius 2 is 1.65 bits per heavy atom. The Labute approximate surface area is 175 Å². The van der Waals surface area contributed by atoms with Crippen LogP contribution < -0.4 is 4.74 Å². The fourth-order valence-corrected chi connectivity index (χ4v) is 2.85. The van der Waals surface area contributed by atoms with Crippen molar-refractivity contribution in [1.29, 1.82) is 0 Å². The molecule has 0 aliphatic carbocycles. The van der Waals surface area contributed by atoms with Crippen LogP contribution in [0.1, 0.15) is 22.7 Å². The molecule has 0 aliphatic rings. The highest BCUT2D eigenvalue weighted by Crippen LogP contribution is 2.31. The van der Waals surface area contributed by atoms with Gasteiger partial charge in [0.15, 0.2) is 12.4 Å². The van der Waals surface area contributed by atoms with Crippen LogP contribution in [0.5, 0.6) is 5.88 Å². The summed E-state index contributed by atoms with van der Waals surface area (Å²) in [4.78, 5) is 12.9. The number of hydrogen-bond donors (Lipinski definition) is 0. The Morgan fingerprint density at radius 1 is 0.871 bits per heavy atom. The third kappa shape index (κ3) is 4.88. The molecule has 0 aliphatic heterocycles. The van der Waals surface area contributed by atoms with Gasteiger partial charge in [0.25, 0.3) is 5.89 Å². The zero-order chi connectivity index (χ0) is 22.0. The number of benzene rings is 2. The van der Waals surface area contributed by atoms with Crippen LogP contribution in [0, 0.1) is 13.8 Å². The number of alkyl halides is 3. The molecule has 0 N–H and O–H groups in total. The van der Waals surface area contributed by atoms with Crippen molar-refractivity contribution in [3.05, 3.63) is 77.3 Å². The molecule has 9 heteroatoms. The van der Waals surface area contributed by atoms with Gasteiger partial charge in [-0.2, -0.15) is 23.1 Å². The zero-order valence-electron chi connectivity index (χ0n) is 16.6. The van der Waals surface area contributed by atoms with Crippen LogP contribution in [0.15, 0.2) is 59.1 Å². The molecule has 158 valence electrons. The second kappa shape index (κ2) is 8.17. The normalized spacial score (nSPS) is 11.5. The number of ether oxygens (including phenoxy) is 1. The molecule has 4 aromatic rings. The van der Waals surface area contributed by atoms with E-state index in [4.69, 9.17) is 9.26 Å². The Bertz CT molecular complexity index is 1200. The van der Waals surface area contributed by atoms with Crippen LogP contribution in [0.3, 0.4) is 0 Å². The van der Waals surface area contributed by atoms with Crippen molar-refractivity contribution in [3.63, 3.8) is 0 Å². The van der Waals surface area contributed by atoms with Crippen LogP contribution in [0.25, 0.3) is 22.8 Å². The summed E-state index contributed by atoms with van der Waals surface area (Å²) < 4.78 is 49.5. The van der Waals surface area contributed by atoms with E-state index in [1.165, 1.54) is 12.1 Å². The number of hydrogen-bond acceptors (Lipinski definition) is 6. The maximum atomic E-state index is 12.9. The molecule has 4 rings (SSSR count). The number of aromatic nitrogens is 4. The molecule has 0 saturated carbocycles. The van der Waals surface area contributed by atoms with Crippen molar-refractivity contribution < 1.29 is 22.4 Å². The standard InChI is InChI=1S/C22H17F3N4O2/c1-13-6-8-15(9-7-13)20-26-14(2)10-18(27-20)30-12-19-28-21(29-31-19)16-4-3-5-17(11-16)22(23,24)25/h3-11H,12H2,1-2H3. The first-order valence-electron chi connectivity index (χ1n) is 9.34. The van der Waals surface area contributed by atoms with Crippen LogP contribution in [-0.2, 0) is 12.8 Å². The Balaban J connectivity index is 1.50. The highest BCUT2D eigenvalue weighted by Gasteiger charge is 2.30. The number of halogens is 3. The van der Waals surface area contributed by atoms with Crippen LogP contribution in [0.2, 0.25) is 0 Å². The van der Waals surface area contributed by atoms with Crippen molar-refractivity contribution in [2.24, 2.45) is 0 Å². The summed E-state index contributed by atoms with van der Waals surface area (Å²) in [6, 6.07) is 14.2. The maximum absolute atomic E-state index is 12.9. The molecule has 2 aromatic heterocycles. The first kappa shape index (κ1) is 20.5. The van der Waals surface area contributed by atoms with Gasteiger partial charge in [0, 0.05) is 22.9 Å². The van der Waals surface area contributed by atoms with E-state index in [-0.39, 0.29) is 23.9 Å². The monoisotopic (exact) mass is 426 g/mol. The number of aryl methyl sites for hydroxylation is 2. The summed E-state index contributed by atoms with van der Waals surface area (Å²) in [7, 11) is 0. The fourth-order valence-electron chi connectivity index (χ4n) is 2.85. The van der Waals surface area contributed by atoms with E-state index in [1.54, 1.807) is 6.07 Å². The lowest BCUT2D eigenvalue weighted by Crippen LogP contribution is -2.04. The third-order valence-electron chi connectivity index (χ3n) is 4.40. The lowest BCUT2D eigenvalue weighted by molar-refractivity contribution is -0.137. The predicted octanol–water partition coefficient (Wildman–Crippen LogP) is 5.41. The summed E-state index contributed by atoms with van der Waals surface area (Å²) in [6.07, 6.45) is -4.45. The minimum Gasteiger partial charge on any atom is -0.467 e. The van der Waals surface area contributed by atoms with Gasteiger partial charge >= 0.3 is 6.18 Å². The molecule has 2 heterocycles. The molecule has 0 radical (unpaired) electrons. The topological polar surface area (TPSA) is 73.9 Å². The average Bonchev–Trinajstić information content (AvgIpc) is 3.21. The predicted molar refractivity (Wildman–Crippen MR) is 106 cm³/mol. The molecule has 0 unspecified atom stereocenters. The van der Waals surface area contributed by atoms with Gasteiger partial charge in [0.2, 0.25) is 11.7 Å². The number of rotatable bonds is 5. The molecule has 6 nitrogen and oxygen atoms in total. The van der Waals surface area contributed by atoms with E-state index in [9.17, 15) is 13.2 Å². The van der Waals surface area contributed by atoms with Crippen molar-refractivity contribution in [3.8, 4) is 28.7 Å². The van der Waals surface area contributed by atoms with Gasteiger partial charge in [0.1, 0.15) is 0 Å². The molecule has 0 fully saturated rings. The molecular weight excluding hydrogens is 409 g/mol. The highest BCUT2D eigenvalue weighted by atomic mass is 19.4. The van der Waals surface area contributed by atoms with Crippen LogP contribution in [-0.4, -0.2) is 20.1 Å². The van der Waals surface area contributed by atoms with E-state index in [0.717, 1.165) is 29.0 Å². The van der Waals surface area contributed by atoms with E-state index in [1.807, 2.05) is 38.1 Å². The molecule has 0 saturated heterocycles. The van der Waals surface area contributed by atoms with Crippen LogP contribution in [0.4, 0.5) is 13.2 Å². The van der Waals surface area contributed by atoms with E-state index < -0.39 is 11.7 Å². The van der Waals surface area contributed by atoms with Gasteiger partial charge in [-0.15, -0.1) is 0 Å². The lowest BCUT2D eigenvalue weighted by atomic mass is 10.1. The highest BCUT2D eigenvalue weighted by molar-refractivity contribution is 5.56. The summed E-state index contributed by atoms with van der Waals surface area (Å²) in [6.45, 7) is 3.73. The van der Waals surface area contributed by atoms with E-state index in [2.05, 4.69) is 20.1 Å². The largest absolute Gasteiger partial charge is 0.467 e. The summed E-state index contributed by atoms with van der Waals surface area (Å²) in [5.74, 6) is 0.997. The minimum absolute atomic E-state index is 0.0453. The van der Waals surface area contributed by atoms with E-state index in [0.29, 0.717) is 11.7 Å². The third-order valence-corrected chi connectivity index (χ3v) is 4.40. The van der Waals surface area contributed by atoms with Crippen molar-refractivity contribution in [2.45, 2.75) is 26.6 Å². The molecule has 0 amide bonds. The zero-order valence-corrected chi connectivity index (χ0v) is 16.6. The molecule has 0 spiro atoms. The Hall–Kier alpha value is -3.75. The SMILES string of the molecule is Cc1ccc(-c2nc(C)cc(OCc3nc(-c4cccc(C(F)(F)F)c4)no3)n2)cc1. The second-order valence-electron chi connectivity index (χ2n) is 6.92. The quantitative estimate of drug-likeness (QED) is 0.425. The summed E-state index contributed by atoms with van der Waals surface area (Å²) >= 11 is 0. The number of nitrogens with zero attached hydrogens (tertiary/aromatic N) is 4. The van der Waals surface area contributed by atoms with Gasteiger partial charge in [0.05, 0.1) is 5.56 Å². The van der Waals surface area contributed by atoms with Crippen LogP contribution >= 0.6 is 0 Å². The smallest absolute Gasteiger partial charge is 0.416 e. The van der Waals surface area contributed by atoms with Crippen molar-refractivity contribution in [2.75, 3.05) is 0 Å². The van der Waals surface area contributed by atoms with Crippen molar-refractivity contribution >= 4 is 0 Å². The molecule has 2 aromatic carbocycles. The van der Waals surface area contributed by atoms with Gasteiger partial charge in [-0.05, 0) is 26.0 Å². The van der Waals surface area contributed by atoms with Gasteiger partial charge in [-0.25, -0.2) is 4.98 Å². The van der Waals surface area contributed by atoms with Gasteiger partial charge in [-0.1, -0.05) is 47.1 Å². The molecule has 0 bridgehead atoms. The summed E-state index contributed by atoms with van der Waals surface area (Å²) in [5, 5.41) is 3.75. The molecule has 31 heavy (non-hydrogen) atoms. The Kier molecular flexibility index (Phi) is 5.41. The maximum Gasteiger partial charge on any atom is 0.416 e.